The lowest BCUT2D eigenvalue weighted by molar-refractivity contribution is -0.132. The van der Waals surface area contributed by atoms with E-state index < -0.39 is 21.7 Å². The molecule has 1 heterocycles. The van der Waals surface area contributed by atoms with Gasteiger partial charge in [0.15, 0.2) is 0 Å². The Morgan fingerprint density at radius 1 is 1.22 bits per heavy atom. The third kappa shape index (κ3) is 8.75. The summed E-state index contributed by atoms with van der Waals surface area (Å²) in [5, 5.41) is 2.55. The Bertz CT molecular complexity index is 519. The van der Waals surface area contributed by atoms with Crippen LogP contribution in [0.1, 0.15) is 40.0 Å². The molecule has 0 radical (unpaired) electrons. The molecule has 1 aliphatic rings. The molecule has 1 rings (SSSR count). The van der Waals surface area contributed by atoms with Crippen LogP contribution in [0.2, 0.25) is 0 Å². The fraction of sp³-hybridized carbons (Fsp3) is 0.857. The van der Waals surface area contributed by atoms with Crippen molar-refractivity contribution in [1.82, 2.24) is 14.9 Å². The number of nitrogens with one attached hydrogen (secondary N) is 2. The van der Waals surface area contributed by atoms with Crippen LogP contribution >= 0.6 is 0 Å². The van der Waals surface area contributed by atoms with Gasteiger partial charge in [0.2, 0.25) is 15.9 Å². The van der Waals surface area contributed by atoms with Gasteiger partial charge in [0.1, 0.15) is 5.60 Å². The summed E-state index contributed by atoms with van der Waals surface area (Å²) in [6, 6.07) is -0.117. The van der Waals surface area contributed by atoms with Gasteiger partial charge in [-0.05, 0) is 33.6 Å². The quantitative estimate of drug-likeness (QED) is 0.749. The zero-order valence-electron chi connectivity index (χ0n) is 14.2. The van der Waals surface area contributed by atoms with Crippen molar-refractivity contribution in [3.63, 3.8) is 0 Å². The van der Waals surface area contributed by atoms with Gasteiger partial charge in [0.05, 0.1) is 6.26 Å². The second-order valence-corrected chi connectivity index (χ2v) is 8.50. The molecule has 2 N–H and O–H groups in total. The van der Waals surface area contributed by atoms with E-state index in [1.165, 1.54) is 0 Å². The lowest BCUT2D eigenvalue weighted by Gasteiger charge is -2.32. The van der Waals surface area contributed by atoms with Gasteiger partial charge in [-0.1, -0.05) is 0 Å². The maximum atomic E-state index is 12.1. The number of carbonyl (C=O) groups excluding carboxylic acids is 2. The van der Waals surface area contributed by atoms with Crippen molar-refractivity contribution in [2.75, 3.05) is 25.9 Å². The summed E-state index contributed by atoms with van der Waals surface area (Å²) in [6.07, 6.45) is 1.98. The molecule has 0 aromatic rings. The Labute approximate surface area is 138 Å². The van der Waals surface area contributed by atoms with Gasteiger partial charge >= 0.3 is 6.09 Å². The SMILES string of the molecule is CC(C)(C)OC(=O)NCCC(=O)N1CCC(NS(C)(=O)=O)CC1. The number of amides is 2. The Hall–Kier alpha value is -1.35. The van der Waals surface area contributed by atoms with Crippen LogP contribution in [0.25, 0.3) is 0 Å². The van der Waals surface area contributed by atoms with Crippen molar-refractivity contribution in [3.05, 3.63) is 0 Å². The van der Waals surface area contributed by atoms with Crippen LogP contribution in [0.15, 0.2) is 0 Å². The van der Waals surface area contributed by atoms with Crippen molar-refractivity contribution in [2.24, 2.45) is 0 Å². The minimum Gasteiger partial charge on any atom is -0.444 e. The summed E-state index contributed by atoms with van der Waals surface area (Å²) in [5.41, 5.74) is -0.567. The molecule has 9 heteroatoms. The number of ether oxygens (including phenoxy) is 1. The molecule has 0 aliphatic carbocycles. The zero-order valence-corrected chi connectivity index (χ0v) is 15.0. The second kappa shape index (κ2) is 7.96. The minimum absolute atomic E-state index is 0.0566. The average Bonchev–Trinajstić information content (AvgIpc) is 2.35. The smallest absolute Gasteiger partial charge is 0.407 e. The minimum atomic E-state index is -3.22. The third-order valence-corrected chi connectivity index (χ3v) is 4.00. The molecule has 23 heavy (non-hydrogen) atoms. The van der Waals surface area contributed by atoms with Crippen LogP contribution in [-0.4, -0.2) is 62.9 Å². The molecule has 0 aromatic heterocycles. The highest BCUT2D eigenvalue weighted by molar-refractivity contribution is 7.88. The first kappa shape index (κ1) is 19.7. The van der Waals surface area contributed by atoms with Crippen molar-refractivity contribution < 1.29 is 22.7 Å². The normalized spacial score (nSPS) is 17.0. The van der Waals surface area contributed by atoms with Crippen LogP contribution in [0, 0.1) is 0 Å². The van der Waals surface area contributed by atoms with Crippen LogP contribution in [-0.2, 0) is 19.6 Å². The molecule has 0 atom stereocenters. The molecule has 2 amide bonds. The van der Waals surface area contributed by atoms with Crippen molar-refractivity contribution in [2.45, 2.75) is 51.7 Å². The van der Waals surface area contributed by atoms with Crippen molar-refractivity contribution >= 4 is 22.0 Å². The van der Waals surface area contributed by atoms with Crippen molar-refractivity contribution in [1.29, 1.82) is 0 Å². The molecule has 0 bridgehead atoms. The molecular formula is C14H27N3O5S. The number of likely N-dealkylation sites (tertiary alicyclic amines) is 1. The summed E-state index contributed by atoms with van der Waals surface area (Å²) < 4.78 is 30.0. The fourth-order valence-corrected chi connectivity index (χ4v) is 3.13. The van der Waals surface area contributed by atoms with Gasteiger partial charge in [-0.2, -0.15) is 0 Å². The number of hydrogen-bond donors (Lipinski definition) is 2. The number of rotatable bonds is 5. The Kier molecular flexibility index (Phi) is 6.82. The van der Waals surface area contributed by atoms with Gasteiger partial charge in [0.25, 0.3) is 0 Å². The predicted octanol–water partition coefficient (Wildman–Crippen LogP) is 0.441. The lowest BCUT2D eigenvalue weighted by atomic mass is 10.1. The first-order valence-electron chi connectivity index (χ1n) is 7.68. The molecule has 0 unspecified atom stereocenters. The van der Waals surface area contributed by atoms with E-state index in [4.69, 9.17) is 4.74 Å². The maximum Gasteiger partial charge on any atom is 0.407 e. The average molecular weight is 349 g/mol. The summed E-state index contributed by atoms with van der Waals surface area (Å²) in [5.74, 6) is -0.0566. The first-order valence-corrected chi connectivity index (χ1v) is 9.57. The van der Waals surface area contributed by atoms with E-state index in [1.54, 1.807) is 25.7 Å². The number of hydrogen-bond acceptors (Lipinski definition) is 5. The van der Waals surface area contributed by atoms with E-state index in [2.05, 4.69) is 10.0 Å². The van der Waals surface area contributed by atoms with Gasteiger partial charge in [-0.15, -0.1) is 0 Å². The van der Waals surface area contributed by atoms with Gasteiger partial charge in [0, 0.05) is 32.1 Å². The summed E-state index contributed by atoms with van der Waals surface area (Å²) >= 11 is 0. The zero-order chi connectivity index (χ0) is 17.7. The largest absolute Gasteiger partial charge is 0.444 e. The Balaban J connectivity index is 2.26. The number of piperidine rings is 1. The molecule has 1 saturated heterocycles. The molecule has 134 valence electrons. The Morgan fingerprint density at radius 3 is 2.26 bits per heavy atom. The molecular weight excluding hydrogens is 322 g/mol. The molecule has 1 aliphatic heterocycles. The third-order valence-electron chi connectivity index (χ3n) is 3.24. The topological polar surface area (TPSA) is 105 Å². The molecule has 0 spiro atoms. The molecule has 8 nitrogen and oxygen atoms in total. The highest BCUT2D eigenvalue weighted by Gasteiger charge is 2.24. The summed E-state index contributed by atoms with van der Waals surface area (Å²) in [6.45, 7) is 6.55. The number of nitrogens with zero attached hydrogens (tertiary/aromatic N) is 1. The van der Waals surface area contributed by atoms with Crippen LogP contribution in [0.4, 0.5) is 4.79 Å². The van der Waals surface area contributed by atoms with Crippen molar-refractivity contribution in [3.8, 4) is 0 Å². The lowest BCUT2D eigenvalue weighted by Crippen LogP contribution is -2.46. The van der Waals surface area contributed by atoms with E-state index in [1.807, 2.05) is 0 Å². The number of sulfonamides is 1. The predicted molar refractivity (Wildman–Crippen MR) is 86.4 cm³/mol. The second-order valence-electron chi connectivity index (χ2n) is 6.72. The number of carbonyl (C=O) groups is 2. The van der Waals surface area contributed by atoms with Crippen LogP contribution in [0.5, 0.6) is 0 Å². The Morgan fingerprint density at radius 2 is 1.78 bits per heavy atom. The molecule has 0 saturated carbocycles. The van der Waals surface area contributed by atoms with Gasteiger partial charge in [-0.25, -0.2) is 17.9 Å². The summed E-state index contributed by atoms with van der Waals surface area (Å²) in [4.78, 5) is 25.2. The molecule has 1 fully saturated rings. The van der Waals surface area contributed by atoms with E-state index >= 15 is 0 Å². The number of alkyl carbamates (subject to hydrolysis) is 1. The van der Waals surface area contributed by atoms with Crippen LogP contribution in [0.3, 0.4) is 0 Å². The monoisotopic (exact) mass is 349 g/mol. The van der Waals surface area contributed by atoms with E-state index in [9.17, 15) is 18.0 Å². The highest BCUT2D eigenvalue weighted by Crippen LogP contribution is 2.12. The van der Waals surface area contributed by atoms with Gasteiger partial charge < -0.3 is 15.0 Å². The van der Waals surface area contributed by atoms with Crippen LogP contribution < -0.4 is 10.0 Å². The highest BCUT2D eigenvalue weighted by atomic mass is 32.2. The van der Waals surface area contributed by atoms with E-state index in [0.717, 1.165) is 6.26 Å². The summed E-state index contributed by atoms with van der Waals surface area (Å²) in [7, 11) is -3.22. The fourth-order valence-electron chi connectivity index (χ4n) is 2.29. The van der Waals surface area contributed by atoms with Gasteiger partial charge in [-0.3, -0.25) is 4.79 Å². The first-order chi connectivity index (χ1) is 10.5. The molecule has 0 aromatic carbocycles. The standard InChI is InChI=1S/C14H27N3O5S/c1-14(2,3)22-13(19)15-8-5-12(18)17-9-6-11(7-10-17)16-23(4,20)21/h11,16H,5-10H2,1-4H3,(H,15,19). The maximum absolute atomic E-state index is 12.1. The van der Waals surface area contributed by atoms with E-state index in [-0.39, 0.29) is 24.9 Å². The van der Waals surface area contributed by atoms with E-state index in [0.29, 0.717) is 25.9 Å².